The van der Waals surface area contributed by atoms with E-state index in [1.54, 1.807) is 65.8 Å². The van der Waals surface area contributed by atoms with Crippen LogP contribution in [0, 0.1) is 0 Å². The lowest BCUT2D eigenvalue weighted by Gasteiger charge is -2.29. The molecule has 2 atom stereocenters. The first kappa shape index (κ1) is 31.1. The van der Waals surface area contributed by atoms with Crippen molar-refractivity contribution < 1.29 is 41.8 Å². The molecule has 0 radical (unpaired) electrons. The SMILES string of the molecule is CC(C)(C)OC(=O)CS(=O)(=O)CC(NC(=O)OC(C)(C)C)C(=O)N1CCCC1C(=O)OCc1ccccc1. The second-order valence-corrected chi connectivity index (χ2v) is 13.2. The number of hydrogen-bond donors (Lipinski definition) is 1. The third kappa shape index (κ3) is 10.7. The van der Waals surface area contributed by atoms with Gasteiger partial charge < -0.3 is 24.4 Å². The van der Waals surface area contributed by atoms with E-state index in [9.17, 15) is 27.6 Å². The average molecular weight is 555 g/mol. The summed E-state index contributed by atoms with van der Waals surface area (Å²) in [5.74, 6) is -4.27. The van der Waals surface area contributed by atoms with Crippen LogP contribution < -0.4 is 5.32 Å². The number of carbonyl (C=O) groups is 4. The van der Waals surface area contributed by atoms with Crippen molar-refractivity contribution in [1.82, 2.24) is 10.2 Å². The minimum atomic E-state index is -4.21. The number of esters is 2. The van der Waals surface area contributed by atoms with Crippen LogP contribution in [0.25, 0.3) is 0 Å². The van der Waals surface area contributed by atoms with Crippen LogP contribution in [0.5, 0.6) is 0 Å². The second-order valence-electron chi connectivity index (χ2n) is 11.1. The Morgan fingerprint density at radius 2 is 1.61 bits per heavy atom. The first-order chi connectivity index (χ1) is 17.5. The summed E-state index contributed by atoms with van der Waals surface area (Å²) in [7, 11) is -4.21. The topological polar surface area (TPSA) is 145 Å². The summed E-state index contributed by atoms with van der Waals surface area (Å²) in [5.41, 5.74) is -1.04. The van der Waals surface area contributed by atoms with Crippen molar-refractivity contribution in [2.24, 2.45) is 0 Å². The summed E-state index contributed by atoms with van der Waals surface area (Å²) in [4.78, 5) is 52.2. The smallest absolute Gasteiger partial charge is 0.408 e. The van der Waals surface area contributed by atoms with Crippen molar-refractivity contribution >= 4 is 33.8 Å². The minimum Gasteiger partial charge on any atom is -0.459 e. The Hall–Kier alpha value is -3.15. The van der Waals surface area contributed by atoms with Gasteiger partial charge in [-0.05, 0) is 59.9 Å². The van der Waals surface area contributed by atoms with Crippen molar-refractivity contribution in [3.8, 4) is 0 Å². The summed E-state index contributed by atoms with van der Waals surface area (Å²) >= 11 is 0. The third-order valence-electron chi connectivity index (χ3n) is 5.20. The molecule has 0 spiro atoms. The van der Waals surface area contributed by atoms with Crippen LogP contribution in [0.3, 0.4) is 0 Å². The fourth-order valence-electron chi connectivity index (χ4n) is 3.79. The molecule has 1 aromatic carbocycles. The standard InChI is InChI=1S/C26H38N2O9S/c1-25(2,3)36-21(29)17-38(33,34)16-19(27-24(32)37-26(4,5)6)22(30)28-14-10-13-20(28)23(31)35-15-18-11-8-7-9-12-18/h7-9,11-12,19-20H,10,13-17H2,1-6H3,(H,27,32). The van der Waals surface area contributed by atoms with Gasteiger partial charge in [0.25, 0.3) is 0 Å². The number of carbonyl (C=O) groups excluding carboxylic acids is 4. The molecule has 38 heavy (non-hydrogen) atoms. The Morgan fingerprint density at radius 3 is 2.18 bits per heavy atom. The molecule has 212 valence electrons. The first-order valence-corrected chi connectivity index (χ1v) is 14.2. The number of nitrogens with zero attached hydrogens (tertiary/aromatic N) is 1. The molecular weight excluding hydrogens is 516 g/mol. The first-order valence-electron chi connectivity index (χ1n) is 12.4. The molecule has 0 aliphatic carbocycles. The highest BCUT2D eigenvalue weighted by molar-refractivity contribution is 7.92. The molecule has 0 saturated carbocycles. The maximum absolute atomic E-state index is 13.5. The Kier molecular flexibility index (Phi) is 10.3. The van der Waals surface area contributed by atoms with Gasteiger partial charge in [0.1, 0.15) is 35.6 Å². The molecule has 2 unspecified atom stereocenters. The number of sulfone groups is 1. The van der Waals surface area contributed by atoms with E-state index >= 15 is 0 Å². The van der Waals surface area contributed by atoms with Crippen LogP contribution in [0.4, 0.5) is 4.79 Å². The average Bonchev–Trinajstić information content (AvgIpc) is 3.24. The van der Waals surface area contributed by atoms with Crippen molar-refractivity contribution in [2.75, 3.05) is 18.1 Å². The monoisotopic (exact) mass is 554 g/mol. The Bertz CT molecular complexity index is 1110. The molecule has 11 nitrogen and oxygen atoms in total. The van der Waals surface area contributed by atoms with Crippen LogP contribution >= 0.6 is 0 Å². The Morgan fingerprint density at radius 1 is 1.00 bits per heavy atom. The van der Waals surface area contributed by atoms with E-state index in [0.29, 0.717) is 12.8 Å². The van der Waals surface area contributed by atoms with Crippen LogP contribution in [-0.2, 0) is 45.0 Å². The quantitative estimate of drug-likeness (QED) is 0.359. The van der Waals surface area contributed by atoms with Crippen LogP contribution in [0.2, 0.25) is 0 Å². The highest BCUT2D eigenvalue weighted by atomic mass is 32.2. The van der Waals surface area contributed by atoms with E-state index in [4.69, 9.17) is 14.2 Å². The van der Waals surface area contributed by atoms with E-state index in [1.165, 1.54) is 4.90 Å². The molecule has 1 aromatic rings. The zero-order valence-electron chi connectivity index (χ0n) is 22.8. The molecule has 1 heterocycles. The Balaban J connectivity index is 2.19. The van der Waals surface area contributed by atoms with Crippen molar-refractivity contribution in [2.45, 2.75) is 84.3 Å². The molecule has 1 aliphatic heterocycles. The van der Waals surface area contributed by atoms with Gasteiger partial charge in [-0.1, -0.05) is 30.3 Å². The van der Waals surface area contributed by atoms with Crippen LogP contribution in [0.1, 0.15) is 59.9 Å². The predicted molar refractivity (Wildman–Crippen MR) is 139 cm³/mol. The molecule has 1 saturated heterocycles. The van der Waals surface area contributed by atoms with Gasteiger partial charge in [0.15, 0.2) is 9.84 Å². The molecule has 0 bridgehead atoms. The molecule has 0 aromatic heterocycles. The highest BCUT2D eigenvalue weighted by Crippen LogP contribution is 2.21. The lowest BCUT2D eigenvalue weighted by molar-refractivity contribution is -0.154. The number of likely N-dealkylation sites (tertiary alicyclic amines) is 1. The number of amides is 2. The van der Waals surface area contributed by atoms with Gasteiger partial charge in [-0.3, -0.25) is 9.59 Å². The lowest BCUT2D eigenvalue weighted by Crippen LogP contribution is -2.55. The lowest BCUT2D eigenvalue weighted by atomic mass is 10.2. The second kappa shape index (κ2) is 12.6. The maximum Gasteiger partial charge on any atom is 0.408 e. The van der Waals surface area contributed by atoms with Gasteiger partial charge in [0.2, 0.25) is 5.91 Å². The third-order valence-corrected chi connectivity index (χ3v) is 6.72. The van der Waals surface area contributed by atoms with Gasteiger partial charge in [-0.15, -0.1) is 0 Å². The molecule has 2 rings (SSSR count). The summed E-state index contributed by atoms with van der Waals surface area (Å²) in [6, 6.07) is 6.49. The van der Waals surface area contributed by atoms with E-state index < -0.39 is 68.6 Å². The fourth-order valence-corrected chi connectivity index (χ4v) is 5.06. The summed E-state index contributed by atoms with van der Waals surface area (Å²) in [6.45, 7) is 9.81. The van der Waals surface area contributed by atoms with Gasteiger partial charge in [0, 0.05) is 6.54 Å². The van der Waals surface area contributed by atoms with E-state index in [0.717, 1.165) is 5.56 Å². The normalized spacial score (nSPS) is 16.9. The highest BCUT2D eigenvalue weighted by Gasteiger charge is 2.41. The molecule has 12 heteroatoms. The van der Waals surface area contributed by atoms with Crippen molar-refractivity contribution in [3.63, 3.8) is 0 Å². The zero-order chi connectivity index (χ0) is 28.7. The number of benzene rings is 1. The van der Waals surface area contributed by atoms with Gasteiger partial charge >= 0.3 is 18.0 Å². The van der Waals surface area contributed by atoms with Gasteiger partial charge in [-0.2, -0.15) is 0 Å². The number of alkyl carbamates (subject to hydrolysis) is 1. The fraction of sp³-hybridized carbons (Fsp3) is 0.615. The summed E-state index contributed by atoms with van der Waals surface area (Å²) in [5, 5.41) is 2.31. The zero-order valence-corrected chi connectivity index (χ0v) is 23.6. The summed E-state index contributed by atoms with van der Waals surface area (Å²) < 4.78 is 41.4. The maximum atomic E-state index is 13.5. The number of rotatable bonds is 9. The van der Waals surface area contributed by atoms with E-state index in [2.05, 4.69) is 5.32 Å². The van der Waals surface area contributed by atoms with Crippen LogP contribution in [0.15, 0.2) is 30.3 Å². The Labute approximate surface area is 224 Å². The van der Waals surface area contributed by atoms with Crippen LogP contribution in [-0.4, -0.2) is 78.6 Å². The number of hydrogen-bond acceptors (Lipinski definition) is 9. The molecule has 1 fully saturated rings. The van der Waals surface area contributed by atoms with E-state index in [-0.39, 0.29) is 13.2 Å². The number of nitrogens with one attached hydrogen (secondary N) is 1. The summed E-state index contributed by atoms with van der Waals surface area (Å²) in [6.07, 6.45) is -0.199. The van der Waals surface area contributed by atoms with Gasteiger partial charge in [0.05, 0.1) is 5.75 Å². The molecule has 1 N–H and O–H groups in total. The number of ether oxygens (including phenoxy) is 3. The van der Waals surface area contributed by atoms with E-state index in [1.807, 2.05) is 6.07 Å². The van der Waals surface area contributed by atoms with Crippen molar-refractivity contribution in [1.29, 1.82) is 0 Å². The predicted octanol–water partition coefficient (Wildman–Crippen LogP) is 2.37. The largest absolute Gasteiger partial charge is 0.459 e. The minimum absolute atomic E-state index is 0.0159. The molecular formula is C26H38N2O9S. The molecule has 1 aliphatic rings. The van der Waals surface area contributed by atoms with Crippen molar-refractivity contribution in [3.05, 3.63) is 35.9 Å². The molecule has 2 amide bonds. The van der Waals surface area contributed by atoms with Gasteiger partial charge in [-0.25, -0.2) is 18.0 Å².